The van der Waals surface area contributed by atoms with Crippen LogP contribution in [0.2, 0.25) is 0 Å². The number of piperazine rings is 1. The van der Waals surface area contributed by atoms with Gasteiger partial charge in [0.05, 0.1) is 0 Å². The first-order valence-electron chi connectivity index (χ1n) is 7.22. The van der Waals surface area contributed by atoms with Gasteiger partial charge in [0.25, 0.3) is 0 Å². The van der Waals surface area contributed by atoms with E-state index in [2.05, 4.69) is 66.5 Å². The lowest BCUT2D eigenvalue weighted by atomic mass is 9.98. The van der Waals surface area contributed by atoms with Crippen molar-refractivity contribution >= 4 is 16.5 Å². The minimum absolute atomic E-state index is 0.583. The molecule has 2 aromatic carbocycles. The molecule has 100 valence electrons. The molecule has 0 spiro atoms. The highest BCUT2D eigenvalue weighted by Crippen LogP contribution is 2.30. The molecule has 2 nitrogen and oxygen atoms in total. The summed E-state index contributed by atoms with van der Waals surface area (Å²) in [5, 5.41) is 6.23. The van der Waals surface area contributed by atoms with Crippen molar-refractivity contribution < 1.29 is 0 Å². The fraction of sp³-hybridized carbons (Fsp3) is 0.412. The van der Waals surface area contributed by atoms with Crippen molar-refractivity contribution in [2.24, 2.45) is 5.92 Å². The molecule has 1 aliphatic rings. The van der Waals surface area contributed by atoms with Gasteiger partial charge in [-0.3, -0.25) is 0 Å². The van der Waals surface area contributed by atoms with Crippen molar-refractivity contribution in [2.45, 2.75) is 19.9 Å². The summed E-state index contributed by atoms with van der Waals surface area (Å²) < 4.78 is 0. The SMILES string of the molecule is CC(C)C1CNCCN1c1cccc2ccccc12. The second kappa shape index (κ2) is 5.22. The Morgan fingerprint density at radius 1 is 1.11 bits per heavy atom. The summed E-state index contributed by atoms with van der Waals surface area (Å²) in [6, 6.07) is 15.9. The van der Waals surface area contributed by atoms with Crippen LogP contribution < -0.4 is 10.2 Å². The van der Waals surface area contributed by atoms with Gasteiger partial charge >= 0.3 is 0 Å². The molecule has 1 unspecified atom stereocenters. The number of rotatable bonds is 2. The Labute approximate surface area is 115 Å². The highest BCUT2D eigenvalue weighted by Gasteiger charge is 2.25. The van der Waals surface area contributed by atoms with Crippen LogP contribution in [0.4, 0.5) is 5.69 Å². The average Bonchev–Trinajstić information content (AvgIpc) is 2.46. The summed E-state index contributed by atoms with van der Waals surface area (Å²) in [6.45, 7) is 7.88. The summed E-state index contributed by atoms with van der Waals surface area (Å²) in [4.78, 5) is 2.59. The van der Waals surface area contributed by atoms with Crippen LogP contribution >= 0.6 is 0 Å². The highest BCUT2D eigenvalue weighted by molar-refractivity contribution is 5.94. The number of anilines is 1. The second-order valence-electron chi connectivity index (χ2n) is 5.71. The van der Waals surface area contributed by atoms with Gasteiger partial charge in [0.2, 0.25) is 0 Å². The van der Waals surface area contributed by atoms with Crippen LogP contribution in [0.15, 0.2) is 42.5 Å². The monoisotopic (exact) mass is 254 g/mol. The number of hydrogen-bond acceptors (Lipinski definition) is 2. The predicted molar refractivity (Wildman–Crippen MR) is 82.8 cm³/mol. The summed E-state index contributed by atoms with van der Waals surface area (Å²) in [5.74, 6) is 0.659. The molecule has 2 heteroatoms. The molecule has 1 fully saturated rings. The summed E-state index contributed by atoms with van der Waals surface area (Å²) >= 11 is 0. The first-order valence-corrected chi connectivity index (χ1v) is 7.22. The van der Waals surface area contributed by atoms with Crippen molar-refractivity contribution in [1.29, 1.82) is 0 Å². The zero-order chi connectivity index (χ0) is 13.2. The molecule has 0 saturated carbocycles. The Balaban J connectivity index is 2.07. The van der Waals surface area contributed by atoms with Crippen molar-refractivity contribution in [1.82, 2.24) is 5.32 Å². The van der Waals surface area contributed by atoms with Crippen LogP contribution in [0.25, 0.3) is 10.8 Å². The molecule has 0 radical (unpaired) electrons. The van der Waals surface area contributed by atoms with E-state index in [0.29, 0.717) is 12.0 Å². The Bertz CT molecular complexity index is 557. The van der Waals surface area contributed by atoms with Crippen LogP contribution in [0.5, 0.6) is 0 Å². The normalized spacial score (nSPS) is 20.2. The largest absolute Gasteiger partial charge is 0.365 e. The van der Waals surface area contributed by atoms with Gasteiger partial charge in [0.15, 0.2) is 0 Å². The molecule has 1 atom stereocenters. The molecular weight excluding hydrogens is 232 g/mol. The number of benzene rings is 2. The number of fused-ring (bicyclic) bond motifs is 1. The lowest BCUT2D eigenvalue weighted by molar-refractivity contribution is 0.391. The van der Waals surface area contributed by atoms with E-state index in [1.807, 2.05) is 0 Å². The third-order valence-corrected chi connectivity index (χ3v) is 4.13. The Morgan fingerprint density at radius 2 is 1.89 bits per heavy atom. The minimum Gasteiger partial charge on any atom is -0.365 e. The van der Waals surface area contributed by atoms with Gasteiger partial charge in [0.1, 0.15) is 0 Å². The van der Waals surface area contributed by atoms with Crippen LogP contribution in [0.3, 0.4) is 0 Å². The van der Waals surface area contributed by atoms with Crippen molar-refractivity contribution in [3.63, 3.8) is 0 Å². The third kappa shape index (κ3) is 2.33. The maximum atomic E-state index is 3.52. The van der Waals surface area contributed by atoms with Gasteiger partial charge in [0, 0.05) is 36.7 Å². The van der Waals surface area contributed by atoms with E-state index in [0.717, 1.165) is 19.6 Å². The average molecular weight is 254 g/mol. The maximum Gasteiger partial charge on any atom is 0.0449 e. The summed E-state index contributed by atoms with van der Waals surface area (Å²) in [7, 11) is 0. The van der Waals surface area contributed by atoms with Crippen LogP contribution in [0.1, 0.15) is 13.8 Å². The fourth-order valence-corrected chi connectivity index (χ4v) is 3.08. The molecule has 2 aromatic rings. The van der Waals surface area contributed by atoms with E-state index in [4.69, 9.17) is 0 Å². The number of nitrogens with zero attached hydrogens (tertiary/aromatic N) is 1. The van der Waals surface area contributed by atoms with Crippen molar-refractivity contribution in [3.8, 4) is 0 Å². The van der Waals surface area contributed by atoms with E-state index in [1.54, 1.807) is 0 Å². The topological polar surface area (TPSA) is 15.3 Å². The summed E-state index contributed by atoms with van der Waals surface area (Å²) in [6.07, 6.45) is 0. The molecule has 0 aromatic heterocycles. The Hall–Kier alpha value is -1.54. The van der Waals surface area contributed by atoms with E-state index in [-0.39, 0.29) is 0 Å². The molecule has 1 aliphatic heterocycles. The Morgan fingerprint density at radius 3 is 2.74 bits per heavy atom. The van der Waals surface area contributed by atoms with Gasteiger partial charge in [-0.15, -0.1) is 0 Å². The van der Waals surface area contributed by atoms with Crippen molar-refractivity contribution in [2.75, 3.05) is 24.5 Å². The van der Waals surface area contributed by atoms with E-state index in [9.17, 15) is 0 Å². The summed E-state index contributed by atoms with van der Waals surface area (Å²) in [5.41, 5.74) is 1.39. The molecule has 1 heterocycles. The molecular formula is C17H22N2. The minimum atomic E-state index is 0.583. The van der Waals surface area contributed by atoms with E-state index in [1.165, 1.54) is 16.5 Å². The maximum absolute atomic E-state index is 3.52. The molecule has 0 amide bonds. The first kappa shape index (κ1) is 12.5. The van der Waals surface area contributed by atoms with Gasteiger partial charge in [-0.25, -0.2) is 0 Å². The smallest absolute Gasteiger partial charge is 0.0449 e. The molecule has 1 saturated heterocycles. The van der Waals surface area contributed by atoms with Gasteiger partial charge in [-0.1, -0.05) is 50.2 Å². The molecule has 1 N–H and O–H groups in total. The second-order valence-corrected chi connectivity index (χ2v) is 5.71. The Kier molecular flexibility index (Phi) is 3.43. The van der Waals surface area contributed by atoms with Crippen LogP contribution in [-0.2, 0) is 0 Å². The van der Waals surface area contributed by atoms with E-state index >= 15 is 0 Å². The quantitative estimate of drug-likeness (QED) is 0.885. The molecule has 0 aliphatic carbocycles. The van der Waals surface area contributed by atoms with Crippen LogP contribution in [-0.4, -0.2) is 25.7 Å². The first-order chi connectivity index (χ1) is 9.27. The van der Waals surface area contributed by atoms with Gasteiger partial charge in [-0.05, 0) is 17.4 Å². The zero-order valence-electron chi connectivity index (χ0n) is 11.8. The van der Waals surface area contributed by atoms with Gasteiger partial charge < -0.3 is 10.2 Å². The molecule has 3 rings (SSSR count). The molecule has 0 bridgehead atoms. The fourth-order valence-electron chi connectivity index (χ4n) is 3.08. The lowest BCUT2D eigenvalue weighted by Crippen LogP contribution is -2.53. The number of nitrogens with one attached hydrogen (secondary N) is 1. The van der Waals surface area contributed by atoms with Crippen LogP contribution in [0, 0.1) is 5.92 Å². The lowest BCUT2D eigenvalue weighted by Gasteiger charge is -2.41. The van der Waals surface area contributed by atoms with E-state index < -0.39 is 0 Å². The highest BCUT2D eigenvalue weighted by atomic mass is 15.2. The van der Waals surface area contributed by atoms with Gasteiger partial charge in [-0.2, -0.15) is 0 Å². The predicted octanol–water partition coefficient (Wildman–Crippen LogP) is 3.27. The molecule has 19 heavy (non-hydrogen) atoms. The standard InChI is InChI=1S/C17H22N2/c1-13(2)17-12-18-10-11-19(17)16-9-5-7-14-6-3-4-8-15(14)16/h3-9,13,17-18H,10-12H2,1-2H3. The zero-order valence-corrected chi connectivity index (χ0v) is 11.8. The third-order valence-electron chi connectivity index (χ3n) is 4.13. The number of hydrogen-bond donors (Lipinski definition) is 1. The van der Waals surface area contributed by atoms with Crippen molar-refractivity contribution in [3.05, 3.63) is 42.5 Å².